The smallest absolute Gasteiger partial charge is 0.269 e. The molecule has 6 nitrogen and oxygen atoms in total. The first-order chi connectivity index (χ1) is 9.66. The van der Waals surface area contributed by atoms with Crippen molar-refractivity contribution in [3.8, 4) is 0 Å². The predicted octanol–water partition coefficient (Wildman–Crippen LogP) is 2.24. The molecule has 0 radical (unpaired) electrons. The van der Waals surface area contributed by atoms with Crippen LogP contribution in [-0.4, -0.2) is 33.1 Å². The molecule has 1 saturated heterocycles. The fourth-order valence-corrected chi connectivity index (χ4v) is 4.15. The molecule has 106 valence electrons. The molecule has 0 saturated carbocycles. The Morgan fingerprint density at radius 1 is 1.35 bits per heavy atom. The maximum absolute atomic E-state index is 11.8. The third-order valence-corrected chi connectivity index (χ3v) is 5.43. The summed E-state index contributed by atoms with van der Waals surface area (Å²) in [6.45, 7) is 0. The van der Waals surface area contributed by atoms with Gasteiger partial charge in [0.25, 0.3) is 11.6 Å². The lowest BCUT2D eigenvalue weighted by atomic mass is 10.2. The molecule has 0 spiro atoms. The summed E-state index contributed by atoms with van der Waals surface area (Å²) in [7, 11) is 0. The number of hydrazone groups is 1. The quantitative estimate of drug-likeness (QED) is 0.523. The fraction of sp³-hybridized carbons (Fsp3) is 0.333. The maximum atomic E-state index is 11.8. The molecule has 1 aliphatic rings. The number of benzene rings is 1. The monoisotopic (exact) mass is 311 g/mol. The van der Waals surface area contributed by atoms with Gasteiger partial charge >= 0.3 is 0 Å². The van der Waals surface area contributed by atoms with Crippen molar-refractivity contribution in [1.82, 2.24) is 5.43 Å². The number of rotatable bonds is 4. The van der Waals surface area contributed by atoms with E-state index in [0.29, 0.717) is 5.56 Å². The van der Waals surface area contributed by atoms with E-state index < -0.39 is 4.92 Å². The number of hydrogen-bond donors (Lipinski definition) is 1. The van der Waals surface area contributed by atoms with Crippen LogP contribution in [0.1, 0.15) is 12.0 Å². The number of thioether (sulfide) groups is 2. The number of carbonyl (C=O) groups excluding carboxylic acids is 1. The lowest BCUT2D eigenvalue weighted by Gasteiger charge is -2.18. The van der Waals surface area contributed by atoms with E-state index in [4.69, 9.17) is 0 Å². The molecule has 1 heterocycles. The largest absolute Gasteiger partial charge is 0.271 e. The van der Waals surface area contributed by atoms with Crippen LogP contribution in [0.2, 0.25) is 0 Å². The maximum Gasteiger partial charge on any atom is 0.269 e. The van der Waals surface area contributed by atoms with Crippen LogP contribution < -0.4 is 5.43 Å². The lowest BCUT2D eigenvalue weighted by molar-refractivity contribution is -0.384. The molecule has 8 heteroatoms. The molecule has 1 aliphatic heterocycles. The van der Waals surface area contributed by atoms with Crippen LogP contribution in [0.5, 0.6) is 0 Å². The van der Waals surface area contributed by atoms with Crippen molar-refractivity contribution in [2.75, 3.05) is 11.5 Å². The number of non-ortho nitro benzene ring substituents is 1. The molecule has 0 aromatic heterocycles. The summed E-state index contributed by atoms with van der Waals surface area (Å²) in [4.78, 5) is 21.8. The molecule has 0 aliphatic carbocycles. The van der Waals surface area contributed by atoms with Gasteiger partial charge in [0.15, 0.2) is 0 Å². The topological polar surface area (TPSA) is 84.6 Å². The Morgan fingerprint density at radius 2 is 2.00 bits per heavy atom. The summed E-state index contributed by atoms with van der Waals surface area (Å²) in [5, 5.41) is 14.4. The zero-order valence-electron chi connectivity index (χ0n) is 10.5. The number of nitrogens with zero attached hydrogens (tertiary/aromatic N) is 2. The molecule has 1 aromatic carbocycles. The minimum Gasteiger partial charge on any atom is -0.271 e. The average molecular weight is 311 g/mol. The van der Waals surface area contributed by atoms with E-state index in [1.54, 1.807) is 35.7 Å². The number of nitro benzene ring substituents is 1. The van der Waals surface area contributed by atoms with Crippen LogP contribution in [0, 0.1) is 10.1 Å². The second kappa shape index (κ2) is 7.30. The van der Waals surface area contributed by atoms with Crippen molar-refractivity contribution < 1.29 is 9.72 Å². The van der Waals surface area contributed by atoms with E-state index in [1.165, 1.54) is 18.3 Å². The van der Waals surface area contributed by atoms with Gasteiger partial charge in [0, 0.05) is 12.1 Å². The molecular formula is C12H13N3O3S2. The van der Waals surface area contributed by atoms with E-state index in [0.717, 1.165) is 17.9 Å². The Kier molecular flexibility index (Phi) is 5.42. The van der Waals surface area contributed by atoms with Gasteiger partial charge in [-0.25, -0.2) is 5.43 Å². The van der Waals surface area contributed by atoms with Gasteiger partial charge in [0.2, 0.25) is 0 Å². The van der Waals surface area contributed by atoms with Gasteiger partial charge in [-0.1, -0.05) is 0 Å². The van der Waals surface area contributed by atoms with Gasteiger partial charge in [-0.05, 0) is 35.6 Å². The van der Waals surface area contributed by atoms with Crippen LogP contribution in [0.4, 0.5) is 5.69 Å². The molecule has 0 unspecified atom stereocenters. The first kappa shape index (κ1) is 14.9. The van der Waals surface area contributed by atoms with Crippen molar-refractivity contribution in [3.05, 3.63) is 39.9 Å². The minimum atomic E-state index is -0.458. The number of nitro groups is 1. The zero-order chi connectivity index (χ0) is 14.4. The highest BCUT2D eigenvalue weighted by molar-refractivity contribution is 8.18. The second-order valence-electron chi connectivity index (χ2n) is 4.01. The number of amides is 1. The zero-order valence-corrected chi connectivity index (χ0v) is 12.2. The number of hydrogen-bond acceptors (Lipinski definition) is 6. The molecular weight excluding hydrogens is 298 g/mol. The highest BCUT2D eigenvalue weighted by atomic mass is 32.2. The van der Waals surface area contributed by atoms with E-state index in [-0.39, 0.29) is 16.2 Å². The molecule has 2 rings (SSSR count). The SMILES string of the molecule is O=C(NN=Cc1ccc([N+](=O)[O-])cc1)C1SCCCS1. The summed E-state index contributed by atoms with van der Waals surface area (Å²) in [5.74, 6) is 1.88. The summed E-state index contributed by atoms with van der Waals surface area (Å²) in [6, 6.07) is 5.96. The van der Waals surface area contributed by atoms with Crippen LogP contribution in [0.25, 0.3) is 0 Å². The summed E-state index contributed by atoms with van der Waals surface area (Å²) < 4.78 is -0.0993. The Morgan fingerprint density at radius 3 is 2.60 bits per heavy atom. The Hall–Kier alpha value is -1.54. The first-order valence-electron chi connectivity index (χ1n) is 5.97. The van der Waals surface area contributed by atoms with Crippen molar-refractivity contribution in [2.24, 2.45) is 5.10 Å². The first-order valence-corrected chi connectivity index (χ1v) is 8.07. The average Bonchev–Trinajstić information content (AvgIpc) is 2.48. The van der Waals surface area contributed by atoms with Crippen molar-refractivity contribution in [2.45, 2.75) is 11.0 Å². The predicted molar refractivity (Wildman–Crippen MR) is 82.2 cm³/mol. The highest BCUT2D eigenvalue weighted by Gasteiger charge is 2.21. The molecule has 0 bridgehead atoms. The fourth-order valence-electron chi connectivity index (χ4n) is 1.54. The normalized spacial score (nSPS) is 16.2. The summed E-state index contributed by atoms with van der Waals surface area (Å²) >= 11 is 3.25. The van der Waals surface area contributed by atoms with Crippen LogP contribution >= 0.6 is 23.5 Å². The molecule has 1 amide bonds. The third kappa shape index (κ3) is 4.24. The Balaban J connectivity index is 1.86. The minimum absolute atomic E-state index is 0.0289. The lowest BCUT2D eigenvalue weighted by Crippen LogP contribution is -2.29. The molecule has 0 atom stereocenters. The van der Waals surface area contributed by atoms with Crippen LogP contribution in [0.15, 0.2) is 29.4 Å². The van der Waals surface area contributed by atoms with Crippen molar-refractivity contribution >= 4 is 41.3 Å². The molecule has 1 aromatic rings. The van der Waals surface area contributed by atoms with Crippen molar-refractivity contribution in [3.63, 3.8) is 0 Å². The molecule has 1 fully saturated rings. The number of carbonyl (C=O) groups is 1. The number of nitrogens with one attached hydrogen (secondary N) is 1. The van der Waals surface area contributed by atoms with Gasteiger partial charge in [-0.2, -0.15) is 5.10 Å². The van der Waals surface area contributed by atoms with E-state index in [2.05, 4.69) is 10.5 Å². The molecule has 1 N–H and O–H groups in total. The van der Waals surface area contributed by atoms with Gasteiger partial charge < -0.3 is 0 Å². The standard InChI is InChI=1S/C12H13N3O3S2/c16-11(12-19-6-1-7-20-12)14-13-8-9-2-4-10(5-3-9)15(17)18/h2-5,8,12H,1,6-7H2,(H,14,16). The van der Waals surface area contributed by atoms with Crippen LogP contribution in [-0.2, 0) is 4.79 Å². The second-order valence-corrected chi connectivity index (χ2v) is 6.73. The van der Waals surface area contributed by atoms with E-state index in [9.17, 15) is 14.9 Å². The van der Waals surface area contributed by atoms with Gasteiger partial charge in [0.05, 0.1) is 11.1 Å². The van der Waals surface area contributed by atoms with Crippen LogP contribution in [0.3, 0.4) is 0 Å². The molecule has 20 heavy (non-hydrogen) atoms. The van der Waals surface area contributed by atoms with Gasteiger partial charge in [-0.3, -0.25) is 14.9 Å². The Labute approximate surface area is 124 Å². The van der Waals surface area contributed by atoms with Gasteiger partial charge in [0.1, 0.15) is 4.58 Å². The van der Waals surface area contributed by atoms with Crippen molar-refractivity contribution in [1.29, 1.82) is 0 Å². The van der Waals surface area contributed by atoms with Gasteiger partial charge in [-0.15, -0.1) is 23.5 Å². The third-order valence-electron chi connectivity index (χ3n) is 2.53. The summed E-state index contributed by atoms with van der Waals surface area (Å²) in [5.41, 5.74) is 3.22. The van der Waals surface area contributed by atoms with E-state index >= 15 is 0 Å². The Bertz CT molecular complexity index is 513. The summed E-state index contributed by atoms with van der Waals surface area (Å²) in [6.07, 6.45) is 2.60. The highest BCUT2D eigenvalue weighted by Crippen LogP contribution is 2.30. The van der Waals surface area contributed by atoms with E-state index in [1.807, 2.05) is 0 Å².